The molecular formula is C15H14FN3O2. The number of halogens is 1. The molecule has 0 bridgehead atoms. The van der Waals surface area contributed by atoms with Gasteiger partial charge < -0.3 is 14.2 Å². The van der Waals surface area contributed by atoms with E-state index in [2.05, 4.69) is 15.1 Å². The molecule has 21 heavy (non-hydrogen) atoms. The Bertz CT molecular complexity index is 802. The van der Waals surface area contributed by atoms with Gasteiger partial charge in [-0.2, -0.15) is 4.98 Å². The van der Waals surface area contributed by atoms with Crippen molar-refractivity contribution in [1.29, 1.82) is 0 Å². The van der Waals surface area contributed by atoms with Crippen LogP contribution in [0.15, 0.2) is 22.7 Å². The number of fused-ring (bicyclic) bond motifs is 1. The molecule has 1 aromatic carbocycles. The molecule has 0 amide bonds. The number of nitrogens with one attached hydrogen (secondary N) is 1. The second kappa shape index (κ2) is 4.66. The average molecular weight is 287 g/mol. The lowest BCUT2D eigenvalue weighted by molar-refractivity contribution is 0.192. The van der Waals surface area contributed by atoms with Gasteiger partial charge in [-0.1, -0.05) is 5.16 Å². The number of ether oxygens (including phenoxy) is 1. The van der Waals surface area contributed by atoms with Gasteiger partial charge >= 0.3 is 0 Å². The summed E-state index contributed by atoms with van der Waals surface area (Å²) in [5.41, 5.74) is 2.50. The Kier molecular flexibility index (Phi) is 2.78. The van der Waals surface area contributed by atoms with E-state index >= 15 is 0 Å². The van der Waals surface area contributed by atoms with Crippen molar-refractivity contribution in [2.24, 2.45) is 0 Å². The summed E-state index contributed by atoms with van der Waals surface area (Å²) in [5, 5.41) is 4.87. The molecule has 0 spiro atoms. The third kappa shape index (κ3) is 2.03. The van der Waals surface area contributed by atoms with E-state index in [1.54, 1.807) is 6.07 Å². The van der Waals surface area contributed by atoms with Crippen LogP contribution in [-0.4, -0.2) is 28.3 Å². The number of rotatable bonds is 2. The van der Waals surface area contributed by atoms with Crippen molar-refractivity contribution in [2.75, 3.05) is 13.2 Å². The van der Waals surface area contributed by atoms with Crippen molar-refractivity contribution < 1.29 is 13.7 Å². The summed E-state index contributed by atoms with van der Waals surface area (Å²) in [5.74, 6) is 1.05. The summed E-state index contributed by atoms with van der Waals surface area (Å²) in [4.78, 5) is 7.68. The molecule has 1 fully saturated rings. The van der Waals surface area contributed by atoms with E-state index in [-0.39, 0.29) is 11.7 Å². The molecule has 1 N–H and O–H groups in total. The van der Waals surface area contributed by atoms with Crippen LogP contribution in [0, 0.1) is 12.7 Å². The quantitative estimate of drug-likeness (QED) is 0.786. The topological polar surface area (TPSA) is 63.9 Å². The molecule has 108 valence electrons. The maximum absolute atomic E-state index is 13.4. The Balaban J connectivity index is 1.77. The van der Waals surface area contributed by atoms with Crippen LogP contribution >= 0.6 is 0 Å². The van der Waals surface area contributed by atoms with Crippen molar-refractivity contribution in [2.45, 2.75) is 19.3 Å². The van der Waals surface area contributed by atoms with Crippen LogP contribution in [0.25, 0.3) is 22.5 Å². The zero-order chi connectivity index (χ0) is 14.4. The largest absolute Gasteiger partial charge is 0.381 e. The molecule has 3 heterocycles. The van der Waals surface area contributed by atoms with Crippen molar-refractivity contribution in [3.63, 3.8) is 0 Å². The maximum Gasteiger partial charge on any atom is 0.274 e. The van der Waals surface area contributed by atoms with Gasteiger partial charge in [0.05, 0.1) is 6.61 Å². The van der Waals surface area contributed by atoms with Crippen LogP contribution in [0.3, 0.4) is 0 Å². The van der Waals surface area contributed by atoms with Crippen LogP contribution < -0.4 is 0 Å². The van der Waals surface area contributed by atoms with E-state index in [4.69, 9.17) is 9.26 Å². The molecule has 1 saturated heterocycles. The van der Waals surface area contributed by atoms with Crippen molar-refractivity contribution in [1.82, 2.24) is 15.1 Å². The number of aryl methyl sites for hydroxylation is 1. The molecular weight excluding hydrogens is 273 g/mol. The Labute approximate surface area is 120 Å². The fourth-order valence-electron chi connectivity index (χ4n) is 2.75. The third-order valence-corrected chi connectivity index (χ3v) is 3.97. The lowest BCUT2D eigenvalue weighted by Crippen LogP contribution is -1.99. The van der Waals surface area contributed by atoms with Crippen molar-refractivity contribution in [3.8, 4) is 11.6 Å². The summed E-state index contributed by atoms with van der Waals surface area (Å²) in [7, 11) is 0. The molecule has 1 atom stereocenters. The molecule has 2 aromatic heterocycles. The van der Waals surface area contributed by atoms with Gasteiger partial charge in [0.2, 0.25) is 0 Å². The Morgan fingerprint density at radius 1 is 1.38 bits per heavy atom. The van der Waals surface area contributed by atoms with E-state index in [1.807, 2.05) is 6.92 Å². The molecule has 4 rings (SSSR count). The monoisotopic (exact) mass is 287 g/mol. The first-order chi connectivity index (χ1) is 10.2. The normalized spacial score (nSPS) is 18.7. The molecule has 1 aliphatic heterocycles. The molecule has 1 aliphatic rings. The summed E-state index contributed by atoms with van der Waals surface area (Å²) >= 11 is 0. The highest BCUT2D eigenvalue weighted by molar-refractivity contribution is 5.89. The van der Waals surface area contributed by atoms with Gasteiger partial charge in [0, 0.05) is 23.4 Å². The molecule has 0 unspecified atom stereocenters. The summed E-state index contributed by atoms with van der Waals surface area (Å²) < 4.78 is 24.1. The smallest absolute Gasteiger partial charge is 0.274 e. The maximum atomic E-state index is 13.4. The standard InChI is InChI=1S/C15H14FN3O2/c1-8-11-6-10(16)2-3-12(11)17-13(8)15-18-14(19-21-15)9-4-5-20-7-9/h2-3,6,9,17H,4-5,7H2,1H3/t9-/m1/s1. The number of hydrogen-bond acceptors (Lipinski definition) is 4. The number of benzene rings is 1. The van der Waals surface area contributed by atoms with Crippen molar-refractivity contribution >= 4 is 10.9 Å². The Hall–Kier alpha value is -2.21. The molecule has 5 nitrogen and oxygen atoms in total. The first-order valence-electron chi connectivity index (χ1n) is 6.92. The van der Waals surface area contributed by atoms with E-state index < -0.39 is 0 Å². The fourth-order valence-corrected chi connectivity index (χ4v) is 2.75. The second-order valence-electron chi connectivity index (χ2n) is 5.33. The van der Waals surface area contributed by atoms with Crippen LogP contribution in [0.5, 0.6) is 0 Å². The zero-order valence-electron chi connectivity index (χ0n) is 11.5. The van der Waals surface area contributed by atoms with Gasteiger partial charge in [-0.05, 0) is 37.1 Å². The number of aromatic nitrogens is 3. The van der Waals surface area contributed by atoms with Crippen LogP contribution in [0.1, 0.15) is 23.7 Å². The molecule has 0 saturated carbocycles. The highest BCUT2D eigenvalue weighted by Gasteiger charge is 2.24. The van der Waals surface area contributed by atoms with Crippen molar-refractivity contribution in [3.05, 3.63) is 35.4 Å². The summed E-state index contributed by atoms with van der Waals surface area (Å²) in [6.07, 6.45) is 0.913. The van der Waals surface area contributed by atoms with E-state index in [9.17, 15) is 4.39 Å². The van der Waals surface area contributed by atoms with Crippen LogP contribution in [0.2, 0.25) is 0 Å². The van der Waals surface area contributed by atoms with Gasteiger partial charge in [0.15, 0.2) is 5.82 Å². The summed E-state index contributed by atoms with van der Waals surface area (Å²) in [6, 6.07) is 4.65. The minimum Gasteiger partial charge on any atom is -0.381 e. The highest BCUT2D eigenvalue weighted by atomic mass is 19.1. The minimum absolute atomic E-state index is 0.199. The number of aromatic amines is 1. The molecule has 3 aromatic rings. The van der Waals surface area contributed by atoms with E-state index in [0.29, 0.717) is 18.3 Å². The van der Waals surface area contributed by atoms with E-state index in [0.717, 1.165) is 35.2 Å². The van der Waals surface area contributed by atoms with Gasteiger partial charge in [-0.3, -0.25) is 0 Å². The Morgan fingerprint density at radius 3 is 3.10 bits per heavy atom. The molecule has 6 heteroatoms. The lowest BCUT2D eigenvalue weighted by Gasteiger charge is -1.97. The highest BCUT2D eigenvalue weighted by Crippen LogP contribution is 2.31. The predicted octanol–water partition coefficient (Wildman–Crippen LogP) is 3.17. The number of hydrogen-bond donors (Lipinski definition) is 1. The van der Waals surface area contributed by atoms with Crippen LogP contribution in [0.4, 0.5) is 4.39 Å². The number of nitrogens with zero attached hydrogens (tertiary/aromatic N) is 2. The van der Waals surface area contributed by atoms with Gasteiger partial charge in [-0.15, -0.1) is 0 Å². The van der Waals surface area contributed by atoms with E-state index in [1.165, 1.54) is 12.1 Å². The fraction of sp³-hybridized carbons (Fsp3) is 0.333. The van der Waals surface area contributed by atoms with Gasteiger partial charge in [0.25, 0.3) is 5.89 Å². The lowest BCUT2D eigenvalue weighted by atomic mass is 10.1. The summed E-state index contributed by atoms with van der Waals surface area (Å²) in [6.45, 7) is 3.28. The second-order valence-corrected chi connectivity index (χ2v) is 5.33. The predicted molar refractivity (Wildman–Crippen MR) is 74.5 cm³/mol. The van der Waals surface area contributed by atoms with Crippen LogP contribution in [-0.2, 0) is 4.74 Å². The minimum atomic E-state index is -0.259. The SMILES string of the molecule is Cc1c(-c2nc([C@@H]3CCOC3)no2)[nH]c2ccc(F)cc12. The molecule has 0 radical (unpaired) electrons. The third-order valence-electron chi connectivity index (χ3n) is 3.97. The first-order valence-corrected chi connectivity index (χ1v) is 6.92. The van der Waals surface area contributed by atoms with Gasteiger partial charge in [0.1, 0.15) is 11.5 Å². The zero-order valence-corrected chi connectivity index (χ0v) is 11.5. The average Bonchev–Trinajstić information content (AvgIpc) is 3.18. The molecule has 0 aliphatic carbocycles. The first kappa shape index (κ1) is 12.5. The number of H-pyrrole nitrogens is 1. The van der Waals surface area contributed by atoms with Gasteiger partial charge in [-0.25, -0.2) is 4.39 Å². The Morgan fingerprint density at radius 2 is 2.29 bits per heavy atom.